The van der Waals surface area contributed by atoms with Gasteiger partial charge in [-0.2, -0.15) is 0 Å². The number of hydrogen-bond acceptors (Lipinski definition) is 5. The molecule has 1 aromatic rings. The molecular formula is C17H16N2O5. The summed E-state index contributed by atoms with van der Waals surface area (Å²) in [4.78, 5) is 49.4. The van der Waals surface area contributed by atoms with E-state index in [2.05, 4.69) is 0 Å². The van der Waals surface area contributed by atoms with Crippen LogP contribution in [0, 0.1) is 40.7 Å². The first-order valence-electron chi connectivity index (χ1n) is 8.05. The molecule has 124 valence electrons. The lowest BCUT2D eigenvalue weighted by Crippen LogP contribution is -2.46. The minimum absolute atomic E-state index is 0.0481. The second-order valence-electron chi connectivity index (χ2n) is 6.91. The van der Waals surface area contributed by atoms with Crippen LogP contribution in [-0.2, 0) is 14.4 Å². The molecule has 7 nitrogen and oxygen atoms in total. The zero-order chi connectivity index (χ0) is 17.2. The molecule has 0 radical (unpaired) electrons. The first kappa shape index (κ1) is 15.0. The van der Waals surface area contributed by atoms with Crippen molar-refractivity contribution < 1.29 is 19.3 Å². The summed E-state index contributed by atoms with van der Waals surface area (Å²) < 4.78 is 0. The molecule has 4 unspecified atom stereocenters. The molecule has 2 amide bonds. The van der Waals surface area contributed by atoms with Crippen LogP contribution in [0.2, 0.25) is 0 Å². The van der Waals surface area contributed by atoms with Crippen molar-refractivity contribution in [1.82, 2.24) is 0 Å². The van der Waals surface area contributed by atoms with Gasteiger partial charge in [0, 0.05) is 24.0 Å². The van der Waals surface area contributed by atoms with E-state index < -0.39 is 16.8 Å². The molecule has 0 aromatic heterocycles. The standard InChI is InChI=1S/C17H16N2O5/c1-8-6-10(3-5-12(8)19(23)24)18-16(21)14-9-2-4-11(13(20)7-9)15(14)17(18)22/h3,5-6,9,11,14-15H,2,4,7H2,1H3. The maximum Gasteiger partial charge on any atom is 0.272 e. The number of amides is 2. The van der Waals surface area contributed by atoms with E-state index in [9.17, 15) is 24.5 Å². The number of fused-ring (bicyclic) bond motifs is 2. The predicted molar refractivity (Wildman–Crippen MR) is 83.1 cm³/mol. The summed E-state index contributed by atoms with van der Waals surface area (Å²) in [5.41, 5.74) is 0.701. The Kier molecular flexibility index (Phi) is 3.10. The fraction of sp³-hybridized carbons (Fsp3) is 0.471. The first-order valence-corrected chi connectivity index (χ1v) is 8.05. The maximum absolute atomic E-state index is 12.8. The van der Waals surface area contributed by atoms with Crippen LogP contribution in [-0.4, -0.2) is 22.5 Å². The van der Waals surface area contributed by atoms with Crippen molar-refractivity contribution in [2.75, 3.05) is 4.90 Å². The molecule has 3 saturated carbocycles. The Balaban J connectivity index is 1.74. The fourth-order valence-corrected chi connectivity index (χ4v) is 4.62. The monoisotopic (exact) mass is 328 g/mol. The van der Waals surface area contributed by atoms with Crippen LogP contribution in [0.3, 0.4) is 0 Å². The highest BCUT2D eigenvalue weighted by atomic mass is 16.6. The number of carbonyl (C=O) groups is 3. The molecule has 1 heterocycles. The zero-order valence-electron chi connectivity index (χ0n) is 13.1. The average Bonchev–Trinajstić information content (AvgIpc) is 2.80. The largest absolute Gasteiger partial charge is 0.299 e. The predicted octanol–water partition coefficient (Wildman–Crippen LogP) is 2.01. The first-order chi connectivity index (χ1) is 11.4. The smallest absolute Gasteiger partial charge is 0.272 e. The Hall–Kier alpha value is -2.57. The SMILES string of the molecule is Cc1cc(N2C(=O)C3C4CCC(C(=O)C4)C3C2=O)ccc1[N+](=O)[O-]. The van der Waals surface area contributed by atoms with E-state index in [1.807, 2.05) is 0 Å². The average molecular weight is 328 g/mol. The van der Waals surface area contributed by atoms with E-state index in [1.165, 1.54) is 18.2 Å². The number of benzene rings is 1. The molecule has 4 aliphatic rings. The van der Waals surface area contributed by atoms with Crippen molar-refractivity contribution in [2.45, 2.75) is 26.2 Å². The van der Waals surface area contributed by atoms with E-state index in [0.717, 1.165) is 11.3 Å². The topological polar surface area (TPSA) is 97.6 Å². The van der Waals surface area contributed by atoms with Crippen LogP contribution in [0.15, 0.2) is 18.2 Å². The molecule has 5 rings (SSSR count). The van der Waals surface area contributed by atoms with E-state index in [1.54, 1.807) is 6.92 Å². The highest BCUT2D eigenvalue weighted by Crippen LogP contribution is 2.52. The molecule has 4 fully saturated rings. The highest BCUT2D eigenvalue weighted by Gasteiger charge is 2.60. The number of aryl methyl sites for hydroxylation is 1. The summed E-state index contributed by atoms with van der Waals surface area (Å²) in [5, 5.41) is 10.9. The number of Topliss-reactive ketones (excluding diaryl/α,β-unsaturated/α-hetero) is 1. The Morgan fingerprint density at radius 2 is 1.83 bits per heavy atom. The minimum Gasteiger partial charge on any atom is -0.299 e. The number of rotatable bonds is 2. The van der Waals surface area contributed by atoms with Crippen molar-refractivity contribution in [3.63, 3.8) is 0 Å². The third-order valence-electron chi connectivity index (χ3n) is 5.70. The number of imide groups is 1. The number of ketones is 1. The van der Waals surface area contributed by atoms with Gasteiger partial charge in [0.1, 0.15) is 5.78 Å². The number of nitrogens with zero attached hydrogens (tertiary/aromatic N) is 2. The van der Waals surface area contributed by atoms with Gasteiger partial charge in [-0.1, -0.05) is 0 Å². The van der Waals surface area contributed by atoms with Gasteiger partial charge in [-0.3, -0.25) is 29.4 Å². The molecule has 7 heteroatoms. The quantitative estimate of drug-likeness (QED) is 0.470. The van der Waals surface area contributed by atoms with Crippen LogP contribution in [0.4, 0.5) is 11.4 Å². The Morgan fingerprint density at radius 1 is 1.12 bits per heavy atom. The second-order valence-corrected chi connectivity index (χ2v) is 6.91. The lowest BCUT2D eigenvalue weighted by atomic mass is 9.59. The van der Waals surface area contributed by atoms with Crippen molar-refractivity contribution in [3.05, 3.63) is 33.9 Å². The van der Waals surface area contributed by atoms with E-state index in [4.69, 9.17) is 0 Å². The van der Waals surface area contributed by atoms with Gasteiger partial charge in [-0.15, -0.1) is 0 Å². The molecule has 1 saturated heterocycles. The summed E-state index contributed by atoms with van der Waals surface area (Å²) in [5.74, 6) is -1.86. The van der Waals surface area contributed by atoms with Crippen molar-refractivity contribution in [3.8, 4) is 0 Å². The molecule has 2 bridgehead atoms. The third-order valence-corrected chi connectivity index (χ3v) is 5.70. The van der Waals surface area contributed by atoms with Crippen molar-refractivity contribution in [2.24, 2.45) is 23.7 Å². The molecule has 3 aliphatic carbocycles. The number of carbonyl (C=O) groups excluding carboxylic acids is 3. The van der Waals surface area contributed by atoms with Gasteiger partial charge in [-0.05, 0) is 37.8 Å². The molecule has 1 aromatic carbocycles. The Labute approximate surface area is 137 Å². The van der Waals surface area contributed by atoms with E-state index in [-0.39, 0.29) is 35.1 Å². The number of hydrogen-bond donors (Lipinski definition) is 0. The van der Waals surface area contributed by atoms with Crippen LogP contribution < -0.4 is 4.90 Å². The zero-order valence-corrected chi connectivity index (χ0v) is 13.1. The molecular weight excluding hydrogens is 312 g/mol. The number of nitro groups is 1. The molecule has 0 N–H and O–H groups in total. The lowest BCUT2D eigenvalue weighted by molar-refractivity contribution is -0.385. The van der Waals surface area contributed by atoms with Gasteiger partial charge in [0.2, 0.25) is 11.8 Å². The lowest BCUT2D eigenvalue weighted by Gasteiger charge is -2.41. The van der Waals surface area contributed by atoms with Crippen LogP contribution in [0.25, 0.3) is 0 Å². The van der Waals surface area contributed by atoms with Gasteiger partial charge < -0.3 is 0 Å². The summed E-state index contributed by atoms with van der Waals surface area (Å²) in [6.07, 6.45) is 1.87. The van der Waals surface area contributed by atoms with Crippen LogP contribution in [0.5, 0.6) is 0 Å². The fourth-order valence-electron chi connectivity index (χ4n) is 4.62. The summed E-state index contributed by atoms with van der Waals surface area (Å²) in [7, 11) is 0. The Morgan fingerprint density at radius 3 is 2.46 bits per heavy atom. The summed E-state index contributed by atoms with van der Waals surface area (Å²) >= 11 is 0. The summed E-state index contributed by atoms with van der Waals surface area (Å²) in [6.45, 7) is 1.58. The van der Waals surface area contributed by atoms with Gasteiger partial charge in [-0.25, -0.2) is 0 Å². The van der Waals surface area contributed by atoms with Gasteiger partial charge >= 0.3 is 0 Å². The van der Waals surface area contributed by atoms with Crippen LogP contribution >= 0.6 is 0 Å². The highest BCUT2D eigenvalue weighted by molar-refractivity contribution is 6.23. The molecule has 0 spiro atoms. The van der Waals surface area contributed by atoms with E-state index >= 15 is 0 Å². The van der Waals surface area contributed by atoms with Crippen molar-refractivity contribution >= 4 is 29.0 Å². The minimum atomic E-state index is -0.548. The van der Waals surface area contributed by atoms with Gasteiger partial charge in [0.05, 0.1) is 22.4 Å². The normalized spacial score (nSPS) is 31.5. The number of nitro benzene ring substituents is 1. The molecule has 4 atom stereocenters. The van der Waals surface area contributed by atoms with Crippen LogP contribution in [0.1, 0.15) is 24.8 Å². The van der Waals surface area contributed by atoms with Gasteiger partial charge in [0.25, 0.3) is 5.69 Å². The molecule has 1 aliphatic heterocycles. The Bertz CT molecular complexity index is 802. The third kappa shape index (κ3) is 1.87. The summed E-state index contributed by atoms with van der Waals surface area (Å²) in [6, 6.07) is 4.24. The van der Waals surface area contributed by atoms with E-state index in [0.29, 0.717) is 24.1 Å². The second kappa shape index (κ2) is 4.96. The number of anilines is 1. The van der Waals surface area contributed by atoms with Gasteiger partial charge in [0.15, 0.2) is 0 Å². The van der Waals surface area contributed by atoms with Crippen molar-refractivity contribution in [1.29, 1.82) is 0 Å². The molecule has 24 heavy (non-hydrogen) atoms. The maximum atomic E-state index is 12.8.